The molecule has 7 nitrogen and oxygen atoms in total. The minimum atomic E-state index is -0.380. The lowest BCUT2D eigenvalue weighted by Gasteiger charge is -2.46. The second kappa shape index (κ2) is 25.3. The fourth-order valence-corrected chi connectivity index (χ4v) is 16.9. The Hall–Kier alpha value is -11.5. The minimum absolute atomic E-state index is 0.0717. The van der Waals surface area contributed by atoms with E-state index in [1.165, 1.54) is 44.0 Å². The molecule has 4 aromatic heterocycles. The highest BCUT2D eigenvalue weighted by Crippen LogP contribution is 2.55. The van der Waals surface area contributed by atoms with Gasteiger partial charge in [0.2, 0.25) is 0 Å². The van der Waals surface area contributed by atoms with Crippen molar-refractivity contribution in [3.8, 4) is 62.2 Å². The maximum Gasteiger partial charge on any atom is 0.252 e. The van der Waals surface area contributed by atoms with E-state index in [1.807, 2.05) is 6.07 Å². The molecule has 8 heteroatoms. The van der Waals surface area contributed by atoms with E-state index in [0.717, 1.165) is 140 Å². The first kappa shape index (κ1) is 70.5. The van der Waals surface area contributed by atoms with Gasteiger partial charge in [0.15, 0.2) is 0 Å². The number of hydrogen-bond acceptors (Lipinski definition) is 5. The van der Waals surface area contributed by atoms with Crippen LogP contribution < -0.4 is 26.2 Å². The van der Waals surface area contributed by atoms with Gasteiger partial charge in [-0.15, -0.1) is 0 Å². The fourth-order valence-electron chi connectivity index (χ4n) is 16.9. The number of fused-ring (bicyclic) bond motifs is 10. The van der Waals surface area contributed by atoms with Crippen LogP contribution in [0.3, 0.4) is 0 Å². The molecule has 0 saturated carbocycles. The van der Waals surface area contributed by atoms with Crippen LogP contribution in [-0.2, 0) is 32.5 Å². The minimum Gasteiger partial charge on any atom is -0.310 e. The van der Waals surface area contributed by atoms with Gasteiger partial charge in [0.1, 0.15) is 0 Å². The second-order valence-corrected chi connectivity index (χ2v) is 36.7. The summed E-state index contributed by atoms with van der Waals surface area (Å²) < 4.78 is 4.98. The molecule has 0 N–H and O–H groups in total. The van der Waals surface area contributed by atoms with Crippen molar-refractivity contribution in [2.24, 2.45) is 0 Å². The van der Waals surface area contributed by atoms with Crippen LogP contribution in [0, 0.1) is 11.3 Å². The molecule has 0 radical (unpaired) electrons. The Bertz CT molecular complexity index is 6050. The third-order valence-corrected chi connectivity index (χ3v) is 23.0. The molecule has 0 unspecified atom stereocenters. The number of aromatic nitrogens is 4. The monoisotopic (exact) mass is 1420 g/mol. The Morgan fingerprint density at radius 2 is 0.661 bits per heavy atom. The third kappa shape index (κ3) is 11.9. The van der Waals surface area contributed by atoms with Crippen molar-refractivity contribution in [3.63, 3.8) is 0 Å². The molecule has 2 aliphatic rings. The summed E-state index contributed by atoms with van der Waals surface area (Å²) in [4.78, 5) is 16.8. The molecule has 0 fully saturated rings. The highest BCUT2D eigenvalue weighted by Gasteiger charge is 2.47. The molecule has 0 aliphatic carbocycles. The van der Waals surface area contributed by atoms with Gasteiger partial charge in [-0.25, -0.2) is 0 Å². The summed E-state index contributed by atoms with van der Waals surface area (Å²) in [7, 11) is 0. The average Bonchev–Trinajstić information content (AvgIpc) is 1.29. The topological polar surface area (TPSA) is 65.9 Å². The van der Waals surface area contributed by atoms with Crippen LogP contribution in [0.1, 0.15) is 164 Å². The first-order chi connectivity index (χ1) is 51.8. The van der Waals surface area contributed by atoms with Crippen LogP contribution in [0.4, 0.5) is 34.1 Å². The molecule has 0 saturated heterocycles. The Morgan fingerprint density at radius 1 is 0.303 bits per heavy atom. The largest absolute Gasteiger partial charge is 0.310 e. The number of rotatable bonds is 8. The van der Waals surface area contributed by atoms with E-state index in [1.54, 1.807) is 0 Å². The average molecular weight is 1420 g/mol. The van der Waals surface area contributed by atoms with Gasteiger partial charge in [-0.2, -0.15) is 5.26 Å². The van der Waals surface area contributed by atoms with Crippen LogP contribution in [-0.4, -0.2) is 25.8 Å². The van der Waals surface area contributed by atoms with E-state index in [0.29, 0.717) is 5.56 Å². The number of nitrogens with zero attached hydrogens (tertiary/aromatic N) is 7. The molecule has 0 amide bonds. The van der Waals surface area contributed by atoms with Crippen LogP contribution in [0.25, 0.3) is 99.8 Å². The molecule has 6 heterocycles. The molecule has 15 aromatic rings. The van der Waals surface area contributed by atoms with Crippen molar-refractivity contribution in [2.45, 2.75) is 157 Å². The lowest BCUT2D eigenvalue weighted by Crippen LogP contribution is -2.61. The molecule has 109 heavy (non-hydrogen) atoms. The van der Waals surface area contributed by atoms with Crippen molar-refractivity contribution in [1.29, 1.82) is 5.26 Å². The second-order valence-electron chi connectivity index (χ2n) is 36.7. The molecule has 0 atom stereocenters. The zero-order valence-corrected chi connectivity index (χ0v) is 66.5. The number of benzene rings is 11. The van der Waals surface area contributed by atoms with Gasteiger partial charge in [-0.05, 0) is 187 Å². The van der Waals surface area contributed by atoms with E-state index in [4.69, 9.17) is 9.97 Å². The third-order valence-electron chi connectivity index (χ3n) is 23.0. The van der Waals surface area contributed by atoms with Gasteiger partial charge < -0.3 is 18.9 Å². The smallest absolute Gasteiger partial charge is 0.252 e. The highest BCUT2D eigenvalue weighted by molar-refractivity contribution is 7.00. The fraction of sp³-hybridized carbons (Fsp3) is 0.238. The lowest BCUT2D eigenvalue weighted by atomic mass is 9.33. The molecule has 2 aliphatic heterocycles. The van der Waals surface area contributed by atoms with Crippen molar-refractivity contribution in [2.75, 3.05) is 9.80 Å². The van der Waals surface area contributed by atoms with Crippen molar-refractivity contribution < 1.29 is 0 Å². The highest BCUT2D eigenvalue weighted by atomic mass is 15.2. The predicted octanol–water partition coefficient (Wildman–Crippen LogP) is 25.1. The van der Waals surface area contributed by atoms with Gasteiger partial charge >= 0.3 is 0 Å². The Balaban J connectivity index is 1.05. The van der Waals surface area contributed by atoms with Gasteiger partial charge in [0.25, 0.3) is 6.71 Å². The van der Waals surface area contributed by atoms with Gasteiger partial charge in [-0.1, -0.05) is 264 Å². The van der Waals surface area contributed by atoms with E-state index in [-0.39, 0.29) is 39.2 Å². The van der Waals surface area contributed by atoms with Crippen molar-refractivity contribution >= 4 is 101 Å². The van der Waals surface area contributed by atoms with E-state index >= 15 is 0 Å². The maximum atomic E-state index is 10.6. The molecule has 11 aromatic carbocycles. The number of para-hydroxylation sites is 2. The first-order valence-corrected chi connectivity index (χ1v) is 38.8. The summed E-state index contributed by atoms with van der Waals surface area (Å²) in [6.45, 7) is 41.1. The summed E-state index contributed by atoms with van der Waals surface area (Å²) in [6, 6.07) is 98.7. The number of hydrogen-bond donors (Lipinski definition) is 0. The van der Waals surface area contributed by atoms with Crippen molar-refractivity contribution in [3.05, 3.63) is 294 Å². The number of pyridine rings is 2. The Morgan fingerprint density at radius 3 is 1.04 bits per heavy atom. The Labute approximate surface area is 644 Å². The van der Waals surface area contributed by atoms with Crippen LogP contribution >= 0.6 is 0 Å². The zero-order valence-electron chi connectivity index (χ0n) is 66.5. The molecular weight excluding hydrogens is 1320 g/mol. The van der Waals surface area contributed by atoms with Crippen LogP contribution in [0.2, 0.25) is 0 Å². The van der Waals surface area contributed by atoms with Crippen molar-refractivity contribution in [1.82, 2.24) is 19.1 Å². The number of nitriles is 1. The summed E-state index contributed by atoms with van der Waals surface area (Å²) in [5, 5.41) is 15.2. The van der Waals surface area contributed by atoms with E-state index in [2.05, 4.69) is 398 Å². The normalized spacial score (nSPS) is 13.3. The first-order valence-electron chi connectivity index (χ1n) is 38.8. The summed E-state index contributed by atoms with van der Waals surface area (Å²) >= 11 is 0. The number of anilines is 6. The van der Waals surface area contributed by atoms with Gasteiger partial charge in [-0.3, -0.25) is 9.97 Å². The molecular formula is C101H96BN7. The SMILES string of the molecule is CC(C)(C)c1cc2c3c(c1)N(c1c(-c4cccc(C(C)(C)C)n4)cccc1-c1cccc(C(C)(C)C)n1)c1cc(-n4c5ccc(C#N)cc5c5cc(C(C)(C)C)ccc54)ccc1B3c1ccc(-n3c4ccc(C(C)(C)C)cc4c4cc(C(C)(C)C)ccc43)cc1N2c1c(-c2ccccc2)cccc1-c1ccccc1. The van der Waals surface area contributed by atoms with Crippen LogP contribution in [0.15, 0.2) is 255 Å². The Kier molecular flexibility index (Phi) is 16.3. The van der Waals surface area contributed by atoms with E-state index < -0.39 is 0 Å². The lowest BCUT2D eigenvalue weighted by molar-refractivity contribution is 0.569. The maximum absolute atomic E-state index is 10.6. The van der Waals surface area contributed by atoms with E-state index in [9.17, 15) is 5.26 Å². The van der Waals surface area contributed by atoms with Gasteiger partial charge in [0, 0.05) is 100 Å². The van der Waals surface area contributed by atoms with Crippen LogP contribution in [0.5, 0.6) is 0 Å². The zero-order chi connectivity index (χ0) is 76.3. The van der Waals surface area contributed by atoms with Gasteiger partial charge in [0.05, 0.1) is 56.5 Å². The summed E-state index contributed by atoms with van der Waals surface area (Å²) in [6.07, 6.45) is 0. The summed E-state index contributed by atoms with van der Waals surface area (Å²) in [5.74, 6) is 0. The summed E-state index contributed by atoms with van der Waals surface area (Å²) in [5.41, 5.74) is 31.2. The predicted molar refractivity (Wildman–Crippen MR) is 463 cm³/mol. The molecule has 538 valence electrons. The molecule has 0 bridgehead atoms. The molecule has 0 spiro atoms. The standard InChI is InChI=1S/C101H96BN7/c1-96(2,3)65-42-50-84-76(54-65)75-53-62(61-103)41-49-83(75)106(84)69-45-48-80-88(60-69)109(95-73(81-37-27-39-91(104-81)100(13,14)15)35-26-36-74(95)82-38-28-40-92(105-82)101(16,17)18)90-58-68(99(10,11)12)57-89-93(90)102(80)79-47-46-70(107-85-51-43-66(97(4,5)6)55-77(85)78-56-67(98(7,8)9)44-52-86(78)107)59-87(79)108(89)94-71(63-29-21-19-22-30-63)33-25-34-72(94)64-31-23-20-24-32-64/h19-60H,1-18H3. The molecule has 17 rings (SSSR count). The quantitative estimate of drug-likeness (QED) is 0.142.